The molecular formula is C28H22BrClN4O5. The molecule has 0 spiro atoms. The summed E-state index contributed by atoms with van der Waals surface area (Å²) in [6.07, 6.45) is 1.30. The number of nitro groups is 1. The van der Waals surface area contributed by atoms with Crippen molar-refractivity contribution < 1.29 is 14.1 Å². The lowest BCUT2D eigenvalue weighted by Crippen LogP contribution is -2.20. The smallest absolute Gasteiger partial charge is 0.313 e. The molecule has 0 radical (unpaired) electrons. The van der Waals surface area contributed by atoms with Crippen molar-refractivity contribution in [3.8, 4) is 17.3 Å². The van der Waals surface area contributed by atoms with Crippen molar-refractivity contribution in [2.45, 2.75) is 20.8 Å². The molecule has 0 saturated heterocycles. The molecule has 0 unspecified atom stereocenters. The van der Waals surface area contributed by atoms with Crippen LogP contribution in [0.3, 0.4) is 0 Å². The number of hydrogen-bond acceptors (Lipinski definition) is 7. The number of nitro benzene ring substituents is 1. The third-order valence-electron chi connectivity index (χ3n) is 5.67. The van der Waals surface area contributed by atoms with Crippen LogP contribution in [0.25, 0.3) is 33.5 Å². The van der Waals surface area contributed by atoms with Crippen molar-refractivity contribution in [1.82, 2.24) is 9.66 Å². The summed E-state index contributed by atoms with van der Waals surface area (Å²) in [6, 6.07) is 16.9. The molecule has 9 nitrogen and oxygen atoms in total. The summed E-state index contributed by atoms with van der Waals surface area (Å²) in [7, 11) is 0. The van der Waals surface area contributed by atoms with Gasteiger partial charge in [0.1, 0.15) is 5.58 Å². The van der Waals surface area contributed by atoms with Crippen molar-refractivity contribution in [3.05, 3.63) is 96.2 Å². The second kappa shape index (κ2) is 10.3. The molecule has 0 N–H and O–H groups in total. The van der Waals surface area contributed by atoms with Gasteiger partial charge in [0.2, 0.25) is 11.6 Å². The summed E-state index contributed by atoms with van der Waals surface area (Å²) >= 11 is 9.66. The van der Waals surface area contributed by atoms with E-state index in [0.29, 0.717) is 22.2 Å². The van der Waals surface area contributed by atoms with Gasteiger partial charge < -0.3 is 9.15 Å². The summed E-state index contributed by atoms with van der Waals surface area (Å²) < 4.78 is 13.9. The highest BCUT2D eigenvalue weighted by molar-refractivity contribution is 9.10. The second-order valence-corrected chi connectivity index (χ2v) is 11.4. The number of rotatable bonds is 6. The number of aromatic nitrogens is 2. The maximum absolute atomic E-state index is 13.6. The fourth-order valence-electron chi connectivity index (χ4n) is 3.91. The number of para-hydroxylation sites is 1. The second-order valence-electron chi connectivity index (χ2n) is 10.1. The van der Waals surface area contributed by atoms with E-state index in [-0.39, 0.29) is 39.9 Å². The minimum absolute atomic E-state index is 0.00000892. The van der Waals surface area contributed by atoms with Gasteiger partial charge in [-0.2, -0.15) is 9.78 Å². The van der Waals surface area contributed by atoms with Gasteiger partial charge in [0.05, 0.1) is 28.6 Å². The normalized spacial score (nSPS) is 12.0. The van der Waals surface area contributed by atoms with E-state index in [1.54, 1.807) is 36.4 Å². The Bertz CT molecular complexity index is 1840. The SMILES string of the molecule is CC(C)(C)COc1c(C=Nn2c(-c3cc4cc(Br)ccc4o3)nc3ccccc3c2=O)cc(Cl)cc1[N+](=O)[O-]. The van der Waals surface area contributed by atoms with E-state index in [2.05, 4.69) is 26.0 Å². The average molecular weight is 610 g/mol. The number of furan rings is 1. The van der Waals surface area contributed by atoms with Crippen LogP contribution in [0.1, 0.15) is 26.3 Å². The molecule has 0 aliphatic heterocycles. The highest BCUT2D eigenvalue weighted by Gasteiger charge is 2.23. The predicted octanol–water partition coefficient (Wildman–Crippen LogP) is 7.44. The molecule has 0 aliphatic carbocycles. The highest BCUT2D eigenvalue weighted by atomic mass is 79.9. The highest BCUT2D eigenvalue weighted by Crippen LogP contribution is 2.35. The Balaban J connectivity index is 1.71. The monoisotopic (exact) mass is 608 g/mol. The van der Waals surface area contributed by atoms with Crippen LogP contribution in [-0.2, 0) is 0 Å². The maximum atomic E-state index is 13.6. The lowest BCUT2D eigenvalue weighted by atomic mass is 9.98. The maximum Gasteiger partial charge on any atom is 0.313 e. The zero-order chi connectivity index (χ0) is 27.9. The minimum atomic E-state index is -0.567. The summed E-state index contributed by atoms with van der Waals surface area (Å²) in [6.45, 7) is 6.04. The van der Waals surface area contributed by atoms with Gasteiger partial charge in [0, 0.05) is 26.5 Å². The van der Waals surface area contributed by atoms with Gasteiger partial charge in [-0.05, 0) is 47.9 Å². The summed E-state index contributed by atoms with van der Waals surface area (Å²) in [5.41, 5.74) is 0.290. The quantitative estimate of drug-likeness (QED) is 0.112. The fourth-order valence-corrected chi connectivity index (χ4v) is 4.51. The van der Waals surface area contributed by atoms with E-state index >= 15 is 0 Å². The first-order valence-electron chi connectivity index (χ1n) is 11.9. The lowest BCUT2D eigenvalue weighted by molar-refractivity contribution is -0.385. The third-order valence-corrected chi connectivity index (χ3v) is 6.39. The zero-order valence-corrected chi connectivity index (χ0v) is 23.5. The Morgan fingerprint density at radius 2 is 1.95 bits per heavy atom. The number of benzene rings is 3. The summed E-state index contributed by atoms with van der Waals surface area (Å²) in [5.74, 6) is 0.486. The molecule has 39 heavy (non-hydrogen) atoms. The molecule has 3 aromatic carbocycles. The van der Waals surface area contributed by atoms with Gasteiger partial charge >= 0.3 is 5.69 Å². The molecule has 0 atom stereocenters. The van der Waals surface area contributed by atoms with Gasteiger partial charge in [0.25, 0.3) is 5.56 Å². The first-order chi connectivity index (χ1) is 18.5. The van der Waals surface area contributed by atoms with E-state index in [9.17, 15) is 14.9 Å². The lowest BCUT2D eigenvalue weighted by Gasteiger charge is -2.19. The van der Waals surface area contributed by atoms with Gasteiger partial charge in [-0.3, -0.25) is 14.9 Å². The van der Waals surface area contributed by atoms with E-state index in [0.717, 1.165) is 14.5 Å². The molecule has 0 saturated carbocycles. The first kappa shape index (κ1) is 26.6. The predicted molar refractivity (Wildman–Crippen MR) is 155 cm³/mol. The Kier molecular flexibility index (Phi) is 7.00. The van der Waals surface area contributed by atoms with Crippen LogP contribution >= 0.6 is 27.5 Å². The minimum Gasteiger partial charge on any atom is -0.486 e. The first-order valence-corrected chi connectivity index (χ1v) is 13.0. The van der Waals surface area contributed by atoms with Crippen LogP contribution in [0.5, 0.6) is 5.75 Å². The van der Waals surface area contributed by atoms with E-state index in [1.807, 2.05) is 32.9 Å². The van der Waals surface area contributed by atoms with E-state index < -0.39 is 10.5 Å². The number of nitrogens with zero attached hydrogens (tertiary/aromatic N) is 4. The molecular weight excluding hydrogens is 588 g/mol. The van der Waals surface area contributed by atoms with Crippen molar-refractivity contribution in [2.24, 2.45) is 10.5 Å². The molecule has 2 aromatic heterocycles. The van der Waals surface area contributed by atoms with Crippen LogP contribution in [-0.4, -0.2) is 27.4 Å². The zero-order valence-electron chi connectivity index (χ0n) is 21.1. The number of fused-ring (bicyclic) bond motifs is 2. The average Bonchev–Trinajstić information content (AvgIpc) is 3.29. The Morgan fingerprint density at radius 1 is 1.18 bits per heavy atom. The van der Waals surface area contributed by atoms with Crippen LogP contribution in [0.4, 0.5) is 5.69 Å². The molecule has 11 heteroatoms. The molecule has 0 amide bonds. The topological polar surface area (TPSA) is 113 Å². The molecule has 2 heterocycles. The van der Waals surface area contributed by atoms with Crippen LogP contribution in [0, 0.1) is 15.5 Å². The Morgan fingerprint density at radius 3 is 2.69 bits per heavy atom. The largest absolute Gasteiger partial charge is 0.486 e. The van der Waals surface area contributed by atoms with Crippen molar-refractivity contribution >= 4 is 61.3 Å². The molecule has 0 fully saturated rings. The van der Waals surface area contributed by atoms with Gasteiger partial charge in [-0.1, -0.05) is 60.4 Å². The van der Waals surface area contributed by atoms with Crippen molar-refractivity contribution in [3.63, 3.8) is 0 Å². The number of hydrogen-bond donors (Lipinski definition) is 0. The third kappa shape index (κ3) is 5.57. The Labute approximate surface area is 236 Å². The molecule has 0 aliphatic rings. The van der Waals surface area contributed by atoms with Gasteiger partial charge in [0.15, 0.2) is 5.76 Å². The van der Waals surface area contributed by atoms with Crippen LogP contribution in [0.2, 0.25) is 5.02 Å². The molecule has 198 valence electrons. The van der Waals surface area contributed by atoms with Crippen LogP contribution < -0.4 is 10.3 Å². The van der Waals surface area contributed by atoms with Crippen LogP contribution in [0.15, 0.2) is 79.4 Å². The standard InChI is InChI=1S/C28H22BrClN4O5/c1-28(2,3)15-38-25-17(11-19(30)13-22(25)34(36)37)14-31-33-26(32-21-7-5-4-6-20(21)27(33)35)24-12-16-10-18(29)8-9-23(16)39-24/h4-14H,15H2,1-3H3. The van der Waals surface area contributed by atoms with Crippen molar-refractivity contribution in [2.75, 3.05) is 6.61 Å². The van der Waals surface area contributed by atoms with Gasteiger partial charge in [-0.15, -0.1) is 0 Å². The molecule has 5 aromatic rings. The molecule has 5 rings (SSSR count). The number of ether oxygens (including phenoxy) is 1. The van der Waals surface area contributed by atoms with Crippen molar-refractivity contribution in [1.29, 1.82) is 0 Å². The summed E-state index contributed by atoms with van der Waals surface area (Å²) in [5, 5.41) is 17.5. The molecule has 0 bridgehead atoms. The number of halogens is 2. The fraction of sp³-hybridized carbons (Fsp3) is 0.179. The summed E-state index contributed by atoms with van der Waals surface area (Å²) in [4.78, 5) is 29.5. The van der Waals surface area contributed by atoms with Gasteiger partial charge in [-0.25, -0.2) is 4.98 Å². The Hall–Kier alpha value is -4.02. The van der Waals surface area contributed by atoms with E-state index in [4.69, 9.17) is 20.8 Å². The van der Waals surface area contributed by atoms with E-state index in [1.165, 1.54) is 18.3 Å².